The monoisotopic (exact) mass is 359 g/mol. The third-order valence-electron chi connectivity index (χ3n) is 3.23. The maximum Gasteiger partial charge on any atom is 0.416 e. The predicted molar refractivity (Wildman–Crippen MR) is 83.8 cm³/mol. The second-order valence-corrected chi connectivity index (χ2v) is 5.42. The molecule has 128 valence electrons. The van der Waals surface area contributed by atoms with Gasteiger partial charge in [0.25, 0.3) is 5.91 Å². The van der Waals surface area contributed by atoms with Gasteiger partial charge in [0.15, 0.2) is 11.5 Å². The number of ether oxygens (including phenoxy) is 1. The fourth-order valence-corrected chi connectivity index (χ4v) is 2.23. The van der Waals surface area contributed by atoms with Crippen molar-refractivity contribution >= 4 is 23.2 Å². The van der Waals surface area contributed by atoms with Crippen LogP contribution >= 0.6 is 11.6 Å². The molecular weight excluding hydrogens is 347 g/mol. The number of carbonyl (C=O) groups excluding carboxylic acids is 1. The number of hydrogen-bond acceptors (Lipinski definition) is 3. The van der Waals surface area contributed by atoms with E-state index in [0.717, 1.165) is 18.2 Å². The third-order valence-corrected chi connectivity index (χ3v) is 3.56. The molecule has 0 aromatic heterocycles. The summed E-state index contributed by atoms with van der Waals surface area (Å²) < 4.78 is 43.2. The third kappa shape index (κ3) is 3.73. The minimum atomic E-state index is -4.57. The van der Waals surface area contributed by atoms with Gasteiger partial charge in [-0.05, 0) is 42.8 Å². The van der Waals surface area contributed by atoms with E-state index in [-0.39, 0.29) is 22.0 Å². The van der Waals surface area contributed by atoms with Gasteiger partial charge in [-0.3, -0.25) is 4.79 Å². The first-order valence-corrected chi connectivity index (χ1v) is 7.07. The van der Waals surface area contributed by atoms with Crippen LogP contribution in [0.25, 0.3) is 0 Å². The van der Waals surface area contributed by atoms with Crippen LogP contribution in [0.4, 0.5) is 18.9 Å². The zero-order chi connectivity index (χ0) is 18.1. The fourth-order valence-electron chi connectivity index (χ4n) is 2.06. The highest BCUT2D eigenvalue weighted by atomic mass is 35.5. The quantitative estimate of drug-likeness (QED) is 0.839. The molecule has 0 atom stereocenters. The molecule has 2 aromatic carbocycles. The number of methoxy groups -OCH3 is 1. The lowest BCUT2D eigenvalue weighted by Gasteiger charge is -2.13. The van der Waals surface area contributed by atoms with Gasteiger partial charge in [-0.25, -0.2) is 0 Å². The summed E-state index contributed by atoms with van der Waals surface area (Å²) in [6.45, 7) is 1.68. The topological polar surface area (TPSA) is 58.6 Å². The Morgan fingerprint density at radius 2 is 1.92 bits per heavy atom. The summed E-state index contributed by atoms with van der Waals surface area (Å²) in [7, 11) is 1.32. The van der Waals surface area contributed by atoms with E-state index in [0.29, 0.717) is 5.56 Å². The Kier molecular flexibility index (Phi) is 4.94. The number of benzene rings is 2. The Morgan fingerprint density at radius 1 is 1.25 bits per heavy atom. The first kappa shape index (κ1) is 17.9. The van der Waals surface area contributed by atoms with Gasteiger partial charge in [0, 0.05) is 0 Å². The predicted octanol–water partition coefficient (Wildman–Crippen LogP) is 4.63. The molecule has 0 spiro atoms. The number of phenols is 1. The number of aryl methyl sites for hydroxylation is 1. The summed E-state index contributed by atoms with van der Waals surface area (Å²) in [4.78, 5) is 12.3. The number of carbonyl (C=O) groups is 1. The average Bonchev–Trinajstić information content (AvgIpc) is 2.50. The lowest BCUT2D eigenvalue weighted by Crippen LogP contribution is -2.14. The van der Waals surface area contributed by atoms with Gasteiger partial charge in [0.05, 0.1) is 28.9 Å². The van der Waals surface area contributed by atoms with Crippen LogP contribution in [0, 0.1) is 6.92 Å². The van der Waals surface area contributed by atoms with E-state index in [9.17, 15) is 23.1 Å². The molecule has 0 heterocycles. The van der Waals surface area contributed by atoms with E-state index in [1.54, 1.807) is 6.92 Å². The van der Waals surface area contributed by atoms with Crippen molar-refractivity contribution in [3.8, 4) is 11.5 Å². The molecule has 2 N–H and O–H groups in total. The van der Waals surface area contributed by atoms with Gasteiger partial charge in [-0.2, -0.15) is 13.2 Å². The SMILES string of the molecule is COc1cc(C)cc(C(=O)Nc2cc(C(F)(F)F)ccc2Cl)c1O. The van der Waals surface area contributed by atoms with Gasteiger partial charge >= 0.3 is 6.18 Å². The smallest absolute Gasteiger partial charge is 0.416 e. The number of halogens is 4. The van der Waals surface area contributed by atoms with Crippen molar-refractivity contribution < 1.29 is 27.8 Å². The molecule has 0 unspecified atom stereocenters. The number of anilines is 1. The first-order chi connectivity index (χ1) is 11.1. The van der Waals surface area contributed by atoms with Crippen molar-refractivity contribution in [1.29, 1.82) is 0 Å². The number of alkyl halides is 3. The highest BCUT2D eigenvalue weighted by Crippen LogP contribution is 2.35. The summed E-state index contributed by atoms with van der Waals surface area (Å²) in [5, 5.41) is 12.2. The molecule has 0 fully saturated rings. The first-order valence-electron chi connectivity index (χ1n) is 6.69. The fraction of sp³-hybridized carbons (Fsp3) is 0.188. The van der Waals surface area contributed by atoms with Crippen LogP contribution in [0.1, 0.15) is 21.5 Å². The Balaban J connectivity index is 2.39. The molecule has 4 nitrogen and oxygen atoms in total. The Hall–Kier alpha value is -2.41. The summed E-state index contributed by atoms with van der Waals surface area (Å²) in [6.07, 6.45) is -4.57. The van der Waals surface area contributed by atoms with Crippen molar-refractivity contribution in [2.24, 2.45) is 0 Å². The van der Waals surface area contributed by atoms with Gasteiger partial charge in [0.2, 0.25) is 0 Å². The van der Waals surface area contributed by atoms with E-state index in [2.05, 4.69) is 5.32 Å². The van der Waals surface area contributed by atoms with Crippen LogP contribution < -0.4 is 10.1 Å². The molecule has 0 aliphatic carbocycles. The number of hydrogen-bond donors (Lipinski definition) is 2. The van der Waals surface area contributed by atoms with Crippen LogP contribution in [0.5, 0.6) is 11.5 Å². The standard InChI is InChI=1S/C16H13ClF3NO3/c1-8-5-10(14(22)13(6-8)24-2)15(23)21-12-7-9(16(18,19)20)3-4-11(12)17/h3-7,22H,1-2H3,(H,21,23). The molecule has 0 saturated carbocycles. The molecule has 8 heteroatoms. The van der Waals surface area contributed by atoms with Crippen molar-refractivity contribution in [2.45, 2.75) is 13.1 Å². The van der Waals surface area contributed by atoms with E-state index < -0.39 is 23.4 Å². The average molecular weight is 360 g/mol. The molecule has 24 heavy (non-hydrogen) atoms. The minimum Gasteiger partial charge on any atom is -0.504 e. The maximum atomic E-state index is 12.8. The highest BCUT2D eigenvalue weighted by Gasteiger charge is 2.31. The Labute approximate surface area is 140 Å². The van der Waals surface area contributed by atoms with Crippen LogP contribution in [0.3, 0.4) is 0 Å². The van der Waals surface area contributed by atoms with Crippen LogP contribution in [-0.4, -0.2) is 18.1 Å². The van der Waals surface area contributed by atoms with Crippen LogP contribution in [0.2, 0.25) is 5.02 Å². The van der Waals surface area contributed by atoms with Crippen molar-refractivity contribution in [3.05, 3.63) is 52.0 Å². The van der Waals surface area contributed by atoms with E-state index >= 15 is 0 Å². The van der Waals surface area contributed by atoms with Crippen molar-refractivity contribution in [1.82, 2.24) is 0 Å². The number of amides is 1. The highest BCUT2D eigenvalue weighted by molar-refractivity contribution is 6.34. The number of rotatable bonds is 3. The number of nitrogens with one attached hydrogen (secondary N) is 1. The minimum absolute atomic E-state index is 0.0598. The maximum absolute atomic E-state index is 12.8. The second kappa shape index (κ2) is 6.60. The molecule has 0 aliphatic rings. The van der Waals surface area contributed by atoms with E-state index in [1.165, 1.54) is 19.2 Å². The van der Waals surface area contributed by atoms with Gasteiger partial charge in [0.1, 0.15) is 0 Å². The molecule has 0 bridgehead atoms. The summed E-state index contributed by atoms with van der Waals surface area (Å²) in [6, 6.07) is 5.48. The largest absolute Gasteiger partial charge is 0.504 e. The van der Waals surface area contributed by atoms with Gasteiger partial charge < -0.3 is 15.2 Å². The lowest BCUT2D eigenvalue weighted by atomic mass is 10.1. The van der Waals surface area contributed by atoms with E-state index in [4.69, 9.17) is 16.3 Å². The molecule has 0 radical (unpaired) electrons. The molecule has 0 saturated heterocycles. The van der Waals surface area contributed by atoms with Crippen LogP contribution in [-0.2, 0) is 6.18 Å². The molecule has 2 aromatic rings. The molecule has 2 rings (SSSR count). The summed E-state index contributed by atoms with van der Waals surface area (Å²) >= 11 is 5.84. The van der Waals surface area contributed by atoms with Crippen molar-refractivity contribution in [2.75, 3.05) is 12.4 Å². The number of aromatic hydroxyl groups is 1. The van der Waals surface area contributed by atoms with Crippen molar-refractivity contribution in [3.63, 3.8) is 0 Å². The number of phenolic OH excluding ortho intramolecular Hbond substituents is 1. The van der Waals surface area contributed by atoms with Gasteiger partial charge in [-0.1, -0.05) is 11.6 Å². The zero-order valence-electron chi connectivity index (χ0n) is 12.7. The normalized spacial score (nSPS) is 11.2. The Bertz CT molecular complexity index is 791. The molecule has 1 amide bonds. The second-order valence-electron chi connectivity index (χ2n) is 5.01. The lowest BCUT2D eigenvalue weighted by molar-refractivity contribution is -0.137. The molecular formula is C16H13ClF3NO3. The Morgan fingerprint density at radius 3 is 2.50 bits per heavy atom. The zero-order valence-corrected chi connectivity index (χ0v) is 13.4. The summed E-state index contributed by atoms with van der Waals surface area (Å²) in [5.41, 5.74) is -0.671. The van der Waals surface area contributed by atoms with E-state index in [1.807, 2.05) is 0 Å². The summed E-state index contributed by atoms with van der Waals surface area (Å²) in [5.74, 6) is -1.14. The van der Waals surface area contributed by atoms with Crippen LogP contribution in [0.15, 0.2) is 30.3 Å². The van der Waals surface area contributed by atoms with Gasteiger partial charge in [-0.15, -0.1) is 0 Å². The molecule has 0 aliphatic heterocycles.